The van der Waals surface area contributed by atoms with Gasteiger partial charge >= 0.3 is 0 Å². The number of nitrogens with one attached hydrogen (secondary N) is 2. The molecule has 2 amide bonds. The van der Waals surface area contributed by atoms with Crippen LogP contribution in [0.25, 0.3) is 0 Å². The van der Waals surface area contributed by atoms with Gasteiger partial charge in [-0.2, -0.15) is 0 Å². The number of likely N-dealkylation sites (N-methyl/N-ethyl adjacent to an activating group) is 1. The number of rotatable bonds is 6. The van der Waals surface area contributed by atoms with E-state index in [1.165, 1.54) is 0 Å². The van der Waals surface area contributed by atoms with Gasteiger partial charge in [-0.15, -0.1) is 0 Å². The van der Waals surface area contributed by atoms with Crippen molar-refractivity contribution in [2.24, 2.45) is 0 Å². The number of fused-ring (bicyclic) bond motifs is 1. The fourth-order valence-electron chi connectivity index (χ4n) is 5.32. The van der Waals surface area contributed by atoms with Gasteiger partial charge in [-0.05, 0) is 65.0 Å². The predicted octanol–water partition coefficient (Wildman–Crippen LogP) is 0.643. The number of hydrogen-bond donors (Lipinski definition) is 2. The van der Waals surface area contributed by atoms with Crippen molar-refractivity contribution in [3.63, 3.8) is 0 Å². The number of likely N-dealkylation sites (tertiary alicyclic amines) is 2. The van der Waals surface area contributed by atoms with Crippen LogP contribution in [0.3, 0.4) is 0 Å². The fraction of sp³-hybridized carbons (Fsp3) is 0.727. The lowest BCUT2D eigenvalue weighted by Crippen LogP contribution is -2.54. The number of nitrogens with zero attached hydrogens (tertiary/aromatic N) is 3. The molecule has 1 aromatic heterocycles. The van der Waals surface area contributed by atoms with Crippen molar-refractivity contribution in [3.05, 3.63) is 24.2 Å². The lowest BCUT2D eigenvalue weighted by Gasteiger charge is -2.39. The molecule has 4 rings (SSSR count). The van der Waals surface area contributed by atoms with E-state index in [4.69, 9.17) is 4.42 Å². The molecule has 3 aliphatic rings. The van der Waals surface area contributed by atoms with E-state index in [0.717, 1.165) is 51.1 Å². The third-order valence-electron chi connectivity index (χ3n) is 7.19. The van der Waals surface area contributed by atoms with Gasteiger partial charge in [-0.25, -0.2) is 0 Å². The van der Waals surface area contributed by atoms with Crippen LogP contribution in [-0.2, 0) is 16.1 Å². The average Bonchev–Trinajstić information content (AvgIpc) is 3.40. The van der Waals surface area contributed by atoms with Gasteiger partial charge in [-0.1, -0.05) is 0 Å². The Labute approximate surface area is 178 Å². The molecule has 166 valence electrons. The molecule has 0 radical (unpaired) electrons. The largest absolute Gasteiger partial charge is 0.467 e. The summed E-state index contributed by atoms with van der Waals surface area (Å²) in [5, 5.41) is 6.09. The third-order valence-corrected chi connectivity index (χ3v) is 7.19. The van der Waals surface area contributed by atoms with Gasteiger partial charge in [0.25, 0.3) is 0 Å². The summed E-state index contributed by atoms with van der Waals surface area (Å²) in [6, 6.07) is 4.50. The minimum atomic E-state index is -0.0683. The maximum Gasteiger partial charge on any atom is 0.239 e. The highest BCUT2D eigenvalue weighted by atomic mass is 16.3. The molecular weight excluding hydrogens is 382 g/mol. The van der Waals surface area contributed by atoms with Crippen LogP contribution < -0.4 is 10.6 Å². The molecule has 0 aliphatic carbocycles. The van der Waals surface area contributed by atoms with Crippen molar-refractivity contribution in [2.75, 3.05) is 40.3 Å². The maximum absolute atomic E-state index is 13.0. The lowest BCUT2D eigenvalue weighted by atomic mass is 10.0. The van der Waals surface area contributed by atoms with Crippen LogP contribution in [-0.4, -0.2) is 91.0 Å². The Morgan fingerprint density at radius 2 is 2.03 bits per heavy atom. The molecule has 3 aliphatic heterocycles. The van der Waals surface area contributed by atoms with Gasteiger partial charge in [0, 0.05) is 37.6 Å². The van der Waals surface area contributed by atoms with Gasteiger partial charge in [0.1, 0.15) is 11.8 Å². The molecule has 3 atom stereocenters. The Morgan fingerprint density at radius 3 is 2.77 bits per heavy atom. The van der Waals surface area contributed by atoms with Crippen molar-refractivity contribution < 1.29 is 14.0 Å². The van der Waals surface area contributed by atoms with Crippen LogP contribution in [0.4, 0.5) is 0 Å². The van der Waals surface area contributed by atoms with E-state index in [0.29, 0.717) is 25.6 Å². The second kappa shape index (κ2) is 9.49. The zero-order chi connectivity index (χ0) is 21.1. The van der Waals surface area contributed by atoms with Crippen molar-refractivity contribution in [1.29, 1.82) is 0 Å². The van der Waals surface area contributed by atoms with Gasteiger partial charge in [0.05, 0.1) is 12.8 Å². The Morgan fingerprint density at radius 1 is 1.23 bits per heavy atom. The molecule has 1 aromatic rings. The molecule has 8 nitrogen and oxygen atoms in total. The summed E-state index contributed by atoms with van der Waals surface area (Å²) in [5.41, 5.74) is 0. The monoisotopic (exact) mass is 417 g/mol. The van der Waals surface area contributed by atoms with Crippen LogP contribution in [0.2, 0.25) is 0 Å². The molecule has 0 unspecified atom stereocenters. The van der Waals surface area contributed by atoms with E-state index in [9.17, 15) is 9.59 Å². The predicted molar refractivity (Wildman–Crippen MR) is 114 cm³/mol. The first-order valence-electron chi connectivity index (χ1n) is 11.3. The van der Waals surface area contributed by atoms with Crippen LogP contribution >= 0.6 is 0 Å². The Kier molecular flexibility index (Phi) is 6.75. The molecule has 30 heavy (non-hydrogen) atoms. The zero-order valence-electron chi connectivity index (χ0n) is 18.2. The van der Waals surface area contributed by atoms with Gasteiger partial charge in [-0.3, -0.25) is 19.4 Å². The van der Waals surface area contributed by atoms with Gasteiger partial charge < -0.3 is 20.0 Å². The first-order valence-corrected chi connectivity index (χ1v) is 11.3. The number of carbonyl (C=O) groups excluding carboxylic acids is 2. The number of furan rings is 1. The van der Waals surface area contributed by atoms with Crippen LogP contribution in [0.15, 0.2) is 22.8 Å². The number of piperidine rings is 1. The first-order chi connectivity index (χ1) is 14.5. The molecular formula is C22H35N5O3. The zero-order valence-corrected chi connectivity index (χ0v) is 18.2. The Hall–Kier alpha value is -1.90. The Bertz CT molecular complexity index is 716. The van der Waals surface area contributed by atoms with Crippen molar-refractivity contribution in [1.82, 2.24) is 25.3 Å². The Balaban J connectivity index is 1.32. The highest BCUT2D eigenvalue weighted by molar-refractivity contribution is 5.83. The molecule has 2 N–H and O–H groups in total. The summed E-state index contributed by atoms with van der Waals surface area (Å²) in [4.78, 5) is 32.5. The van der Waals surface area contributed by atoms with Gasteiger partial charge in [0.2, 0.25) is 11.8 Å². The second-order valence-corrected chi connectivity index (χ2v) is 9.03. The third kappa shape index (κ3) is 4.71. The van der Waals surface area contributed by atoms with Crippen LogP contribution in [0, 0.1) is 0 Å². The number of amides is 2. The minimum absolute atomic E-state index is 0.0197. The summed E-state index contributed by atoms with van der Waals surface area (Å²) < 4.78 is 5.26. The smallest absolute Gasteiger partial charge is 0.239 e. The molecule has 8 heteroatoms. The van der Waals surface area contributed by atoms with E-state index in [-0.39, 0.29) is 29.9 Å². The lowest BCUT2D eigenvalue weighted by molar-refractivity contribution is -0.127. The number of hydrogen-bond acceptors (Lipinski definition) is 6. The van der Waals surface area contributed by atoms with E-state index >= 15 is 0 Å². The molecule has 0 aromatic carbocycles. The summed E-state index contributed by atoms with van der Waals surface area (Å²) in [6.07, 6.45) is 6.07. The van der Waals surface area contributed by atoms with E-state index in [1.807, 2.05) is 12.1 Å². The molecule has 3 fully saturated rings. The molecule has 3 saturated heterocycles. The van der Waals surface area contributed by atoms with Gasteiger partial charge in [0.15, 0.2) is 0 Å². The summed E-state index contributed by atoms with van der Waals surface area (Å²) >= 11 is 0. The molecule has 0 saturated carbocycles. The molecule has 0 spiro atoms. The van der Waals surface area contributed by atoms with E-state index < -0.39 is 0 Å². The van der Waals surface area contributed by atoms with Crippen LogP contribution in [0.1, 0.15) is 37.9 Å². The number of carbonyl (C=O) groups is 2. The topological polar surface area (TPSA) is 81.1 Å². The van der Waals surface area contributed by atoms with Crippen LogP contribution in [0.5, 0.6) is 0 Å². The second-order valence-electron chi connectivity index (χ2n) is 9.03. The standard InChI is InChI=1S/C22H35N5O3/c1-25-10-7-16(8-11-25)27-12-9-19-21(27)22(29)24-14-17(26(19)2)5-6-20(28)23-15-18-4-3-13-30-18/h3-4,13,16-17,19,21H,5-12,14-15H2,1-2H3,(H,23,28)(H,24,29)/t17-,19-,21-/m0/s1. The van der Waals surface area contributed by atoms with Crippen molar-refractivity contribution in [3.8, 4) is 0 Å². The molecule has 0 bridgehead atoms. The maximum atomic E-state index is 13.0. The fourth-order valence-corrected chi connectivity index (χ4v) is 5.32. The highest BCUT2D eigenvalue weighted by Crippen LogP contribution is 2.31. The quantitative estimate of drug-likeness (QED) is 0.707. The average molecular weight is 418 g/mol. The van der Waals surface area contributed by atoms with Crippen molar-refractivity contribution in [2.45, 2.75) is 62.8 Å². The van der Waals surface area contributed by atoms with E-state index in [2.05, 4.69) is 39.4 Å². The van der Waals surface area contributed by atoms with E-state index in [1.54, 1.807) is 6.26 Å². The summed E-state index contributed by atoms with van der Waals surface area (Å²) in [6.45, 7) is 4.21. The normalized spacial score (nSPS) is 29.4. The summed E-state index contributed by atoms with van der Waals surface area (Å²) in [5.74, 6) is 0.935. The first kappa shape index (κ1) is 21.3. The summed E-state index contributed by atoms with van der Waals surface area (Å²) in [7, 11) is 4.30. The minimum Gasteiger partial charge on any atom is -0.467 e. The highest BCUT2D eigenvalue weighted by Gasteiger charge is 2.47. The SMILES string of the molecule is CN1CCC(N2CC[C@H]3[C@H]2C(=O)NC[C@H](CCC(=O)NCc2ccco2)N3C)CC1. The molecule has 4 heterocycles. The van der Waals surface area contributed by atoms with Crippen molar-refractivity contribution >= 4 is 11.8 Å².